The van der Waals surface area contributed by atoms with E-state index < -0.39 is 47.1 Å². The summed E-state index contributed by atoms with van der Waals surface area (Å²) in [5.41, 5.74) is 5.05. The molecular formula is C20H15Cl5F3N3O2. The van der Waals surface area contributed by atoms with Gasteiger partial charge in [0, 0.05) is 28.2 Å². The van der Waals surface area contributed by atoms with E-state index in [0.29, 0.717) is 15.6 Å². The number of rotatable bonds is 7. The molecule has 1 fully saturated rings. The second kappa shape index (κ2) is 10.1. The fourth-order valence-corrected chi connectivity index (χ4v) is 4.81. The van der Waals surface area contributed by atoms with Crippen LogP contribution in [0.4, 0.5) is 18.9 Å². The van der Waals surface area contributed by atoms with Gasteiger partial charge in [-0.15, -0.1) is 23.2 Å². The van der Waals surface area contributed by atoms with Crippen molar-refractivity contribution in [2.75, 3.05) is 11.9 Å². The molecule has 0 radical (unpaired) electrons. The quantitative estimate of drug-likeness (QED) is 0.209. The Labute approximate surface area is 211 Å². The average Bonchev–Trinajstić information content (AvgIpc) is 3.27. The van der Waals surface area contributed by atoms with Gasteiger partial charge in [0.2, 0.25) is 5.91 Å². The van der Waals surface area contributed by atoms with Gasteiger partial charge >= 0.3 is 6.18 Å². The number of hydrogen-bond acceptors (Lipinski definition) is 3. The predicted octanol–water partition coefficient (Wildman–Crippen LogP) is 6.36. The zero-order valence-corrected chi connectivity index (χ0v) is 20.2. The first-order valence-corrected chi connectivity index (χ1v) is 11.2. The van der Waals surface area contributed by atoms with Gasteiger partial charge in [0.05, 0.1) is 22.9 Å². The van der Waals surface area contributed by atoms with E-state index in [-0.39, 0.29) is 16.3 Å². The van der Waals surface area contributed by atoms with Gasteiger partial charge in [-0.3, -0.25) is 15.0 Å². The van der Waals surface area contributed by atoms with E-state index >= 15 is 0 Å². The van der Waals surface area contributed by atoms with Gasteiger partial charge in [-0.05, 0) is 42.0 Å². The van der Waals surface area contributed by atoms with Crippen molar-refractivity contribution in [3.05, 3.63) is 62.6 Å². The molecule has 2 aromatic rings. The fraction of sp³-hybridized carbons (Fsp3) is 0.300. The first-order valence-electron chi connectivity index (χ1n) is 9.34. The van der Waals surface area contributed by atoms with E-state index in [1.54, 1.807) is 12.1 Å². The van der Waals surface area contributed by atoms with Crippen molar-refractivity contribution >= 4 is 75.5 Å². The minimum Gasteiger partial charge on any atom is -0.326 e. The minimum absolute atomic E-state index is 0.0324. The van der Waals surface area contributed by atoms with Crippen molar-refractivity contribution < 1.29 is 22.8 Å². The molecule has 0 aliphatic heterocycles. The van der Waals surface area contributed by atoms with Gasteiger partial charge in [-0.25, -0.2) is 5.43 Å². The van der Waals surface area contributed by atoms with Gasteiger partial charge < -0.3 is 5.32 Å². The summed E-state index contributed by atoms with van der Waals surface area (Å²) in [6, 6.07) is 8.84. The maximum atomic E-state index is 12.8. The largest absolute Gasteiger partial charge is 0.390 e. The predicted molar refractivity (Wildman–Crippen MR) is 123 cm³/mol. The molecule has 0 aromatic heterocycles. The van der Waals surface area contributed by atoms with Crippen LogP contribution in [0.25, 0.3) is 0 Å². The standard InChI is InChI=1S/C20H15Cl5F3N3O2/c21-10-5-9(6-11(22)7-10)15-16(20(15,24)25)18(33)30-12-1-2-14(23)13(8-12)17(32)31-29-4-3-19(26,27)28/h1-2,5-8,15-16,29H,3-4H2,(H,30,33)(H,31,32). The summed E-state index contributed by atoms with van der Waals surface area (Å²) in [6.45, 7) is -0.520. The number of benzene rings is 2. The highest BCUT2D eigenvalue weighted by atomic mass is 35.5. The van der Waals surface area contributed by atoms with Crippen LogP contribution in [0.3, 0.4) is 0 Å². The van der Waals surface area contributed by atoms with Gasteiger partial charge in [0.15, 0.2) is 0 Å². The Morgan fingerprint density at radius 1 is 1.00 bits per heavy atom. The Hall–Kier alpha value is -1.42. The molecule has 2 unspecified atom stereocenters. The lowest BCUT2D eigenvalue weighted by molar-refractivity contribution is -0.133. The fourth-order valence-electron chi connectivity index (χ4n) is 3.23. The van der Waals surface area contributed by atoms with Gasteiger partial charge in [-0.1, -0.05) is 34.8 Å². The molecule has 3 N–H and O–H groups in total. The van der Waals surface area contributed by atoms with Crippen molar-refractivity contribution in [1.29, 1.82) is 0 Å². The first kappa shape index (κ1) is 26.2. The third-order valence-electron chi connectivity index (χ3n) is 4.79. The Morgan fingerprint density at radius 3 is 2.24 bits per heavy atom. The SMILES string of the molecule is O=C(NNCCC(F)(F)F)c1cc(NC(=O)C2C(c3cc(Cl)cc(Cl)c3)C2(Cl)Cl)ccc1Cl. The first-order chi connectivity index (χ1) is 15.3. The summed E-state index contributed by atoms with van der Waals surface area (Å²) >= 11 is 30.7. The van der Waals surface area contributed by atoms with Crippen molar-refractivity contribution in [3.63, 3.8) is 0 Å². The van der Waals surface area contributed by atoms with Crippen molar-refractivity contribution in [2.24, 2.45) is 5.92 Å². The van der Waals surface area contributed by atoms with E-state index in [1.807, 2.05) is 0 Å². The number of hydrogen-bond donors (Lipinski definition) is 3. The minimum atomic E-state index is -4.36. The molecule has 5 nitrogen and oxygen atoms in total. The summed E-state index contributed by atoms with van der Waals surface area (Å²) in [5, 5.41) is 3.38. The maximum Gasteiger partial charge on any atom is 0.390 e. The zero-order chi connectivity index (χ0) is 24.6. The summed E-state index contributed by atoms with van der Waals surface area (Å²) in [6.07, 6.45) is -5.49. The van der Waals surface area contributed by atoms with E-state index in [4.69, 9.17) is 58.0 Å². The molecule has 2 atom stereocenters. The number of nitrogens with one attached hydrogen (secondary N) is 3. The Morgan fingerprint density at radius 2 is 1.64 bits per heavy atom. The normalized spacial score (nSPS) is 19.2. The van der Waals surface area contributed by atoms with E-state index in [1.165, 1.54) is 24.3 Å². The lowest BCUT2D eigenvalue weighted by atomic mass is 10.1. The number of halogens is 8. The smallest absolute Gasteiger partial charge is 0.326 e. The molecule has 1 aliphatic carbocycles. The maximum absolute atomic E-state index is 12.8. The van der Waals surface area contributed by atoms with E-state index in [2.05, 4.69) is 16.2 Å². The monoisotopic (exact) mass is 561 g/mol. The highest BCUT2D eigenvalue weighted by Crippen LogP contribution is 2.65. The van der Waals surface area contributed by atoms with Crippen LogP contribution >= 0.6 is 58.0 Å². The summed E-state index contributed by atoms with van der Waals surface area (Å²) in [5.74, 6) is -2.68. The van der Waals surface area contributed by atoms with Crippen LogP contribution in [-0.2, 0) is 4.79 Å². The molecular weight excluding hydrogens is 548 g/mol. The summed E-state index contributed by atoms with van der Waals surface area (Å²) in [4.78, 5) is 25.1. The number of hydrazine groups is 1. The molecule has 0 heterocycles. The molecule has 33 heavy (non-hydrogen) atoms. The molecule has 1 saturated carbocycles. The van der Waals surface area contributed by atoms with Gasteiger partial charge in [-0.2, -0.15) is 13.2 Å². The molecule has 0 spiro atoms. The Bertz CT molecular complexity index is 1060. The molecule has 1 aliphatic rings. The third-order valence-corrected chi connectivity index (χ3v) is 6.50. The van der Waals surface area contributed by atoms with Crippen molar-refractivity contribution in [3.8, 4) is 0 Å². The van der Waals surface area contributed by atoms with Crippen LogP contribution in [0, 0.1) is 5.92 Å². The highest BCUT2D eigenvalue weighted by molar-refractivity contribution is 6.53. The van der Waals surface area contributed by atoms with Crippen LogP contribution in [0.1, 0.15) is 28.3 Å². The second-order valence-corrected chi connectivity index (χ2v) is 9.99. The van der Waals surface area contributed by atoms with Crippen LogP contribution < -0.4 is 16.2 Å². The molecule has 13 heteroatoms. The van der Waals surface area contributed by atoms with E-state index in [9.17, 15) is 22.8 Å². The van der Waals surface area contributed by atoms with Crippen LogP contribution in [0.5, 0.6) is 0 Å². The second-order valence-electron chi connectivity index (χ2n) is 7.26. The lowest BCUT2D eigenvalue weighted by Crippen LogP contribution is -2.39. The van der Waals surface area contributed by atoms with Crippen LogP contribution in [-0.4, -0.2) is 28.9 Å². The highest BCUT2D eigenvalue weighted by Gasteiger charge is 2.67. The number of carbonyl (C=O) groups excluding carboxylic acids is 2. The summed E-state index contributed by atoms with van der Waals surface area (Å²) in [7, 11) is 0. The molecule has 2 aromatic carbocycles. The van der Waals surface area contributed by atoms with Crippen molar-refractivity contribution in [2.45, 2.75) is 22.8 Å². The molecule has 2 amide bonds. The zero-order valence-electron chi connectivity index (χ0n) is 16.4. The number of carbonyl (C=O) groups is 2. The molecule has 178 valence electrons. The third kappa shape index (κ3) is 6.59. The Kier molecular flexibility index (Phi) is 7.98. The lowest BCUT2D eigenvalue weighted by Gasteiger charge is -2.12. The number of amides is 2. The average molecular weight is 564 g/mol. The number of anilines is 1. The van der Waals surface area contributed by atoms with Gasteiger partial charge in [0.1, 0.15) is 4.33 Å². The molecule has 3 rings (SSSR count). The molecule has 0 bridgehead atoms. The number of alkyl halides is 5. The van der Waals surface area contributed by atoms with Crippen LogP contribution in [0.2, 0.25) is 15.1 Å². The Balaban J connectivity index is 1.67. The van der Waals surface area contributed by atoms with Crippen LogP contribution in [0.15, 0.2) is 36.4 Å². The summed E-state index contributed by atoms with van der Waals surface area (Å²) < 4.78 is 35.2. The van der Waals surface area contributed by atoms with Crippen molar-refractivity contribution in [1.82, 2.24) is 10.9 Å². The van der Waals surface area contributed by atoms with Gasteiger partial charge in [0.25, 0.3) is 5.91 Å². The molecule has 0 saturated heterocycles. The van der Waals surface area contributed by atoms with E-state index in [0.717, 1.165) is 0 Å². The topological polar surface area (TPSA) is 70.2 Å².